The van der Waals surface area contributed by atoms with Crippen LogP contribution in [0.25, 0.3) is 11.2 Å². The molecule has 7 N–H and O–H groups in total. The van der Waals surface area contributed by atoms with Crippen LogP contribution < -0.4 is 20.9 Å². The molecule has 0 spiro atoms. The Kier molecular flexibility index (Phi) is 7.72. The van der Waals surface area contributed by atoms with Crippen molar-refractivity contribution >= 4 is 40.4 Å². The third kappa shape index (κ3) is 6.87. The van der Waals surface area contributed by atoms with Crippen molar-refractivity contribution in [3.8, 4) is 12.0 Å². The molecule has 3 rings (SSSR count). The van der Waals surface area contributed by atoms with E-state index in [0.717, 1.165) is 0 Å². The van der Waals surface area contributed by atoms with E-state index in [0.29, 0.717) is 24.0 Å². The first-order valence-corrected chi connectivity index (χ1v) is 13.4. The third-order valence-corrected chi connectivity index (χ3v) is 7.85. The zero-order chi connectivity index (χ0) is 24.4. The van der Waals surface area contributed by atoms with E-state index in [9.17, 15) is 18.6 Å². The van der Waals surface area contributed by atoms with Gasteiger partial charge >= 0.3 is 21.3 Å². The van der Waals surface area contributed by atoms with Gasteiger partial charge in [0, 0.05) is 6.42 Å². The molecule has 0 saturated carbocycles. The number of fused-ring (bicyclic) bond motifs is 1. The lowest BCUT2D eigenvalue weighted by Gasteiger charge is -2.25. The molecule has 1 aliphatic heterocycles. The largest absolute Gasteiger partial charge is 0.756 e. The monoisotopic (exact) mass is 528 g/mol. The van der Waals surface area contributed by atoms with Gasteiger partial charge in [-0.3, -0.25) is 4.57 Å². The van der Waals surface area contributed by atoms with Crippen LogP contribution in [0.3, 0.4) is 0 Å². The van der Waals surface area contributed by atoms with Crippen molar-refractivity contribution in [2.24, 2.45) is 5.73 Å². The molecule has 4 atom stereocenters. The SMILES string of the molecule is NCC#Cn1c[n+]([C@H]2CC[C@@H](COP(=O)([O-])OP(=O)(O)OP(=O)(O)O)O2)c2ncnc(N)c21. The van der Waals surface area contributed by atoms with E-state index < -0.39 is 42.4 Å². The Labute approximate surface area is 185 Å². The molecule has 2 aromatic rings. The molecule has 0 radical (unpaired) electrons. The molecule has 182 valence electrons. The molecular weight excluding hydrogens is 509 g/mol. The van der Waals surface area contributed by atoms with Crippen LogP contribution in [0.15, 0.2) is 12.7 Å². The van der Waals surface area contributed by atoms with Gasteiger partial charge in [-0.05, 0) is 12.3 Å². The molecule has 1 fully saturated rings. The first kappa shape index (κ1) is 25.9. The second kappa shape index (κ2) is 9.85. The van der Waals surface area contributed by atoms with Crippen LogP contribution in [0, 0.1) is 12.0 Å². The fraction of sp³-hybridized carbons (Fsp3) is 0.462. The maximum absolute atomic E-state index is 11.8. The maximum Gasteiger partial charge on any atom is 0.487 e. The lowest BCUT2D eigenvalue weighted by atomic mass is 10.2. The molecule has 3 heterocycles. The van der Waals surface area contributed by atoms with Gasteiger partial charge in [0.15, 0.2) is 18.4 Å². The highest BCUT2D eigenvalue weighted by Gasteiger charge is 2.38. The Morgan fingerprint density at radius 2 is 2.00 bits per heavy atom. The summed E-state index contributed by atoms with van der Waals surface area (Å²) in [6.07, 6.45) is 2.12. The third-order valence-electron chi connectivity index (χ3n) is 4.08. The smallest absolute Gasteiger partial charge is 0.487 e. The standard InChI is InChI=1S/C13H19N6O11P3/c14-4-1-5-18-8-19(13-11(18)12(15)16-7-17-13)10-3-2-9(28-10)6-27-32(23,24)30-33(25,26)29-31(20,21)22/h7-10H,2-4,6,14H2,(H5-,15,16,17,20,21,22,23,24,25,26)/t9-,10+/m0/s1. The molecule has 33 heavy (non-hydrogen) atoms. The first-order valence-electron chi connectivity index (χ1n) is 8.94. The number of phosphoric ester groups is 1. The number of nitrogen functional groups attached to an aromatic ring is 1. The van der Waals surface area contributed by atoms with Crippen LogP contribution in [-0.4, -0.2) is 48.5 Å². The quantitative estimate of drug-likeness (QED) is 0.148. The van der Waals surface area contributed by atoms with Crippen molar-refractivity contribution in [2.75, 3.05) is 18.9 Å². The topological polar surface area (TPSA) is 259 Å². The molecule has 1 saturated heterocycles. The summed E-state index contributed by atoms with van der Waals surface area (Å²) in [6.45, 7) is -0.513. The van der Waals surface area contributed by atoms with Crippen LogP contribution in [0.4, 0.5) is 5.82 Å². The zero-order valence-corrected chi connectivity index (χ0v) is 19.2. The molecule has 17 nitrogen and oxygen atoms in total. The molecule has 20 heteroatoms. The first-order chi connectivity index (χ1) is 15.3. The molecule has 1 aliphatic rings. The van der Waals surface area contributed by atoms with Gasteiger partial charge in [0.1, 0.15) is 0 Å². The van der Waals surface area contributed by atoms with Gasteiger partial charge in [-0.25, -0.2) is 18.0 Å². The van der Waals surface area contributed by atoms with Crippen LogP contribution in [0.1, 0.15) is 19.1 Å². The van der Waals surface area contributed by atoms with Gasteiger partial charge in [-0.1, -0.05) is 4.98 Å². The molecule has 0 amide bonds. The zero-order valence-electron chi connectivity index (χ0n) is 16.5. The van der Waals surface area contributed by atoms with Crippen molar-refractivity contribution in [3.63, 3.8) is 0 Å². The average molecular weight is 528 g/mol. The summed E-state index contributed by atoms with van der Waals surface area (Å²) in [5, 5.41) is 0. The average Bonchev–Trinajstić information content (AvgIpc) is 3.27. The predicted molar refractivity (Wildman–Crippen MR) is 105 cm³/mol. The number of nitrogens with zero attached hydrogens (tertiary/aromatic N) is 4. The number of rotatable bonds is 8. The Bertz CT molecular complexity index is 1240. The van der Waals surface area contributed by atoms with Crippen molar-refractivity contribution in [1.82, 2.24) is 14.5 Å². The van der Waals surface area contributed by atoms with E-state index in [4.69, 9.17) is 30.9 Å². The summed E-state index contributed by atoms with van der Waals surface area (Å²) in [5.74, 6) is 2.85. The minimum absolute atomic E-state index is 0.101. The van der Waals surface area contributed by atoms with Crippen LogP contribution >= 0.6 is 23.5 Å². The second-order valence-corrected chi connectivity index (χ2v) is 10.8. The van der Waals surface area contributed by atoms with E-state index in [1.165, 1.54) is 10.9 Å². The molecular formula is C13H19N6O11P3. The molecule has 2 aromatic heterocycles. The highest BCUT2D eigenvalue weighted by atomic mass is 31.3. The number of hydrogen-bond donors (Lipinski definition) is 5. The van der Waals surface area contributed by atoms with Gasteiger partial charge in [0.05, 0.1) is 25.3 Å². The highest BCUT2D eigenvalue weighted by Crippen LogP contribution is 2.65. The van der Waals surface area contributed by atoms with E-state index in [2.05, 4.69) is 35.1 Å². The number of phosphoric acid groups is 3. The summed E-state index contributed by atoms with van der Waals surface area (Å²) in [4.78, 5) is 46.1. The summed E-state index contributed by atoms with van der Waals surface area (Å²) >= 11 is 0. The lowest BCUT2D eigenvalue weighted by Crippen LogP contribution is -2.39. The fourth-order valence-electron chi connectivity index (χ4n) is 2.95. The Balaban J connectivity index is 1.68. The van der Waals surface area contributed by atoms with E-state index >= 15 is 0 Å². The highest BCUT2D eigenvalue weighted by molar-refractivity contribution is 7.66. The summed E-state index contributed by atoms with van der Waals surface area (Å²) in [6, 6.07) is 2.78. The predicted octanol–water partition coefficient (Wildman–Crippen LogP) is -1.54. The van der Waals surface area contributed by atoms with Gasteiger partial charge in [0.2, 0.25) is 11.8 Å². The number of ether oxygens (including phenoxy) is 1. The van der Waals surface area contributed by atoms with Crippen molar-refractivity contribution in [3.05, 3.63) is 12.7 Å². The summed E-state index contributed by atoms with van der Waals surface area (Å²) in [5.41, 5.74) is 12.2. The van der Waals surface area contributed by atoms with E-state index in [1.54, 1.807) is 10.9 Å². The minimum Gasteiger partial charge on any atom is -0.756 e. The van der Waals surface area contributed by atoms with Gasteiger partial charge < -0.3 is 40.3 Å². The number of aromatic nitrogens is 4. The van der Waals surface area contributed by atoms with Gasteiger partial charge in [-0.2, -0.15) is 13.9 Å². The van der Waals surface area contributed by atoms with E-state index in [-0.39, 0.29) is 12.4 Å². The summed E-state index contributed by atoms with van der Waals surface area (Å²) < 4.78 is 54.3. The van der Waals surface area contributed by atoms with Gasteiger partial charge in [0.25, 0.3) is 7.82 Å². The fourth-order valence-corrected chi connectivity index (χ4v) is 5.96. The number of anilines is 1. The Morgan fingerprint density at radius 1 is 1.27 bits per heavy atom. The molecule has 0 aliphatic carbocycles. The van der Waals surface area contributed by atoms with Gasteiger partial charge in [-0.15, -0.1) is 0 Å². The minimum atomic E-state index is -5.65. The molecule has 0 bridgehead atoms. The van der Waals surface area contributed by atoms with Crippen molar-refractivity contribution < 1.29 is 55.7 Å². The van der Waals surface area contributed by atoms with Crippen molar-refractivity contribution in [2.45, 2.75) is 25.2 Å². The normalized spacial score (nSPS) is 22.5. The lowest BCUT2D eigenvalue weighted by molar-refractivity contribution is -0.738. The second-order valence-electron chi connectivity index (χ2n) is 6.47. The number of imidazole rings is 1. The Morgan fingerprint density at radius 3 is 2.67 bits per heavy atom. The number of hydrogen-bond acceptors (Lipinski definition) is 12. The summed E-state index contributed by atoms with van der Waals surface area (Å²) in [7, 11) is -16.6. The van der Waals surface area contributed by atoms with Crippen LogP contribution in [0.5, 0.6) is 0 Å². The van der Waals surface area contributed by atoms with Crippen molar-refractivity contribution in [1.29, 1.82) is 0 Å². The van der Waals surface area contributed by atoms with E-state index in [1.807, 2.05) is 0 Å². The number of nitrogens with two attached hydrogens (primary N) is 2. The van der Waals surface area contributed by atoms with Crippen LogP contribution in [0.2, 0.25) is 0 Å². The maximum atomic E-state index is 11.8. The van der Waals surface area contributed by atoms with Crippen LogP contribution in [-0.2, 0) is 31.6 Å². The molecule has 0 aromatic carbocycles. The Hall–Kier alpha value is -1.76. The molecule has 2 unspecified atom stereocenters.